The molecule has 0 aliphatic heterocycles. The Hall–Kier alpha value is -1.80. The van der Waals surface area contributed by atoms with Gasteiger partial charge in [-0.3, -0.25) is 0 Å². The Labute approximate surface area is 120 Å². The predicted molar refractivity (Wildman–Crippen MR) is 82.0 cm³/mol. The Bertz CT molecular complexity index is 593. The van der Waals surface area contributed by atoms with Crippen LogP contribution in [0.2, 0.25) is 0 Å². The molecule has 2 unspecified atom stereocenters. The van der Waals surface area contributed by atoms with Crippen molar-refractivity contribution in [2.45, 2.75) is 31.7 Å². The summed E-state index contributed by atoms with van der Waals surface area (Å²) in [6.45, 7) is 2.86. The normalized spacial score (nSPS) is 18.0. The van der Waals surface area contributed by atoms with E-state index in [1.807, 2.05) is 18.2 Å². The Balaban J connectivity index is 1.83. The third-order valence-corrected chi connectivity index (χ3v) is 4.07. The molecule has 3 rings (SSSR count). The molecule has 2 atom stereocenters. The third kappa shape index (κ3) is 2.32. The molecule has 0 spiro atoms. The quantitative estimate of drug-likeness (QED) is 0.894. The van der Waals surface area contributed by atoms with Gasteiger partial charge in [-0.15, -0.1) is 0 Å². The number of hydrogen-bond acceptors (Lipinski definition) is 2. The van der Waals surface area contributed by atoms with E-state index < -0.39 is 0 Å². The van der Waals surface area contributed by atoms with Crippen molar-refractivity contribution in [2.24, 2.45) is 5.73 Å². The first-order valence-corrected chi connectivity index (χ1v) is 7.36. The fourth-order valence-electron chi connectivity index (χ4n) is 2.93. The summed E-state index contributed by atoms with van der Waals surface area (Å²) in [4.78, 5) is 0. The molecule has 104 valence electrons. The number of ether oxygens (including phenoxy) is 1. The maximum atomic E-state index is 6.51. The molecule has 1 aliphatic rings. The van der Waals surface area contributed by atoms with Crippen molar-refractivity contribution < 1.29 is 4.74 Å². The average molecular weight is 267 g/mol. The SMILES string of the molecule is CCCOc1ccccc1C(N)C1Cc2ccccc21. The number of benzene rings is 2. The van der Waals surface area contributed by atoms with Gasteiger partial charge in [-0.25, -0.2) is 0 Å². The van der Waals surface area contributed by atoms with Gasteiger partial charge < -0.3 is 10.5 Å². The molecule has 0 saturated heterocycles. The topological polar surface area (TPSA) is 35.2 Å². The number of para-hydroxylation sites is 1. The summed E-state index contributed by atoms with van der Waals surface area (Å²) in [6.07, 6.45) is 2.08. The van der Waals surface area contributed by atoms with Gasteiger partial charge >= 0.3 is 0 Å². The third-order valence-electron chi connectivity index (χ3n) is 4.07. The van der Waals surface area contributed by atoms with Crippen LogP contribution >= 0.6 is 0 Å². The minimum absolute atomic E-state index is 0.0120. The predicted octanol–water partition coefficient (Wildman–Crippen LogP) is 3.82. The van der Waals surface area contributed by atoms with Crippen LogP contribution in [-0.4, -0.2) is 6.61 Å². The van der Waals surface area contributed by atoms with Crippen LogP contribution in [0.4, 0.5) is 0 Å². The van der Waals surface area contributed by atoms with Gasteiger partial charge in [0.2, 0.25) is 0 Å². The number of nitrogens with two attached hydrogens (primary N) is 1. The minimum atomic E-state index is 0.0120. The smallest absolute Gasteiger partial charge is 0.124 e. The molecule has 0 saturated carbocycles. The van der Waals surface area contributed by atoms with E-state index in [0.29, 0.717) is 5.92 Å². The van der Waals surface area contributed by atoms with Gasteiger partial charge in [-0.1, -0.05) is 49.4 Å². The Morgan fingerprint density at radius 2 is 1.90 bits per heavy atom. The largest absolute Gasteiger partial charge is 0.493 e. The second-order valence-electron chi connectivity index (χ2n) is 5.42. The average Bonchev–Trinajstić information content (AvgIpc) is 2.46. The molecule has 2 nitrogen and oxygen atoms in total. The van der Waals surface area contributed by atoms with Gasteiger partial charge in [-0.05, 0) is 30.0 Å². The molecule has 0 bridgehead atoms. The molecule has 2 heteroatoms. The molecule has 0 fully saturated rings. The van der Waals surface area contributed by atoms with Crippen molar-refractivity contribution in [3.8, 4) is 5.75 Å². The van der Waals surface area contributed by atoms with Crippen LogP contribution in [0.5, 0.6) is 5.75 Å². The molecule has 0 radical (unpaired) electrons. The van der Waals surface area contributed by atoms with Crippen molar-refractivity contribution in [1.29, 1.82) is 0 Å². The maximum Gasteiger partial charge on any atom is 0.124 e. The molecule has 2 aromatic carbocycles. The minimum Gasteiger partial charge on any atom is -0.493 e. The van der Waals surface area contributed by atoms with Crippen LogP contribution in [0.25, 0.3) is 0 Å². The second kappa shape index (κ2) is 5.68. The molecule has 20 heavy (non-hydrogen) atoms. The van der Waals surface area contributed by atoms with E-state index in [-0.39, 0.29) is 6.04 Å². The van der Waals surface area contributed by atoms with E-state index in [1.165, 1.54) is 11.1 Å². The van der Waals surface area contributed by atoms with E-state index in [4.69, 9.17) is 10.5 Å². The van der Waals surface area contributed by atoms with Crippen molar-refractivity contribution in [1.82, 2.24) is 0 Å². The van der Waals surface area contributed by atoms with E-state index in [1.54, 1.807) is 0 Å². The highest BCUT2D eigenvalue weighted by molar-refractivity contribution is 5.45. The van der Waals surface area contributed by atoms with Crippen LogP contribution in [0.15, 0.2) is 48.5 Å². The summed E-state index contributed by atoms with van der Waals surface area (Å²) < 4.78 is 5.83. The molecule has 0 aromatic heterocycles. The van der Waals surface area contributed by atoms with E-state index >= 15 is 0 Å². The number of fused-ring (bicyclic) bond motifs is 1. The van der Waals surface area contributed by atoms with Crippen LogP contribution in [-0.2, 0) is 6.42 Å². The lowest BCUT2D eigenvalue weighted by atomic mass is 9.72. The highest BCUT2D eigenvalue weighted by Crippen LogP contribution is 2.44. The zero-order valence-electron chi connectivity index (χ0n) is 11.9. The van der Waals surface area contributed by atoms with Crippen LogP contribution in [0.3, 0.4) is 0 Å². The molecule has 0 heterocycles. The summed E-state index contributed by atoms with van der Waals surface area (Å²) >= 11 is 0. The van der Waals surface area contributed by atoms with E-state index in [0.717, 1.165) is 30.8 Å². The highest BCUT2D eigenvalue weighted by Gasteiger charge is 2.32. The summed E-state index contributed by atoms with van der Waals surface area (Å²) in [5, 5.41) is 0. The highest BCUT2D eigenvalue weighted by atomic mass is 16.5. The summed E-state index contributed by atoms with van der Waals surface area (Å²) in [5.41, 5.74) is 10.5. The van der Waals surface area contributed by atoms with Crippen LogP contribution < -0.4 is 10.5 Å². The van der Waals surface area contributed by atoms with E-state index in [9.17, 15) is 0 Å². The summed E-state index contributed by atoms with van der Waals surface area (Å²) in [6, 6.07) is 16.8. The standard InChI is InChI=1S/C18H21NO/c1-2-11-20-17-10-6-5-9-15(17)18(19)16-12-13-7-3-4-8-14(13)16/h3-10,16,18H,2,11-12,19H2,1H3. The van der Waals surface area contributed by atoms with Crippen molar-refractivity contribution in [3.63, 3.8) is 0 Å². The molecular formula is C18H21NO. The van der Waals surface area contributed by atoms with Gasteiger partial charge in [0.15, 0.2) is 0 Å². The number of hydrogen-bond donors (Lipinski definition) is 1. The zero-order chi connectivity index (χ0) is 13.9. The van der Waals surface area contributed by atoms with Gasteiger partial charge in [0, 0.05) is 17.5 Å². The lowest BCUT2D eigenvalue weighted by Crippen LogP contribution is -2.29. The fourth-order valence-corrected chi connectivity index (χ4v) is 2.93. The molecular weight excluding hydrogens is 246 g/mol. The first-order valence-electron chi connectivity index (χ1n) is 7.36. The van der Waals surface area contributed by atoms with Crippen LogP contribution in [0, 0.1) is 0 Å². The Morgan fingerprint density at radius 1 is 1.15 bits per heavy atom. The van der Waals surface area contributed by atoms with Gasteiger partial charge in [0.05, 0.1) is 6.61 Å². The van der Waals surface area contributed by atoms with Gasteiger partial charge in [0.25, 0.3) is 0 Å². The summed E-state index contributed by atoms with van der Waals surface area (Å²) in [5.74, 6) is 1.35. The molecule has 2 N–H and O–H groups in total. The van der Waals surface area contributed by atoms with Gasteiger partial charge in [0.1, 0.15) is 5.75 Å². The van der Waals surface area contributed by atoms with E-state index in [2.05, 4.69) is 37.3 Å². The lowest BCUT2D eigenvalue weighted by Gasteiger charge is -2.35. The van der Waals surface area contributed by atoms with Crippen molar-refractivity contribution >= 4 is 0 Å². The fraction of sp³-hybridized carbons (Fsp3) is 0.333. The van der Waals surface area contributed by atoms with Crippen molar-refractivity contribution in [3.05, 3.63) is 65.2 Å². The number of rotatable bonds is 5. The summed E-state index contributed by atoms with van der Waals surface area (Å²) in [7, 11) is 0. The Kier molecular flexibility index (Phi) is 3.75. The van der Waals surface area contributed by atoms with Crippen LogP contribution in [0.1, 0.15) is 42.0 Å². The maximum absolute atomic E-state index is 6.51. The molecule has 0 amide bonds. The second-order valence-corrected chi connectivity index (χ2v) is 5.42. The monoisotopic (exact) mass is 267 g/mol. The zero-order valence-corrected chi connectivity index (χ0v) is 11.9. The molecule has 1 aliphatic carbocycles. The molecule has 2 aromatic rings. The Morgan fingerprint density at radius 3 is 2.70 bits per heavy atom. The van der Waals surface area contributed by atoms with Crippen molar-refractivity contribution in [2.75, 3.05) is 6.61 Å². The lowest BCUT2D eigenvalue weighted by molar-refractivity contribution is 0.309. The first kappa shape index (κ1) is 13.2. The van der Waals surface area contributed by atoms with Gasteiger partial charge in [-0.2, -0.15) is 0 Å². The first-order chi connectivity index (χ1) is 9.81.